The van der Waals surface area contributed by atoms with E-state index in [1.165, 1.54) is 6.92 Å². The van der Waals surface area contributed by atoms with Crippen LogP contribution in [0.25, 0.3) is 0 Å². The van der Waals surface area contributed by atoms with E-state index in [-0.39, 0.29) is 24.9 Å². The number of hydrogen-bond acceptors (Lipinski definition) is 9. The van der Waals surface area contributed by atoms with Gasteiger partial charge in [-0.1, -0.05) is 44.2 Å². The van der Waals surface area contributed by atoms with Crippen LogP contribution in [0.1, 0.15) is 46.1 Å². The van der Waals surface area contributed by atoms with Gasteiger partial charge < -0.3 is 30.5 Å². The van der Waals surface area contributed by atoms with Crippen LogP contribution >= 0.6 is 0 Å². The van der Waals surface area contributed by atoms with Gasteiger partial charge in [0.05, 0.1) is 13.0 Å². The summed E-state index contributed by atoms with van der Waals surface area (Å²) in [6, 6.07) is 5.54. The number of rotatable bonds is 15. The first kappa shape index (κ1) is 33.7. The maximum Gasteiger partial charge on any atom is 0.338 e. The summed E-state index contributed by atoms with van der Waals surface area (Å²) < 4.78 is 9.64. The van der Waals surface area contributed by atoms with E-state index in [2.05, 4.69) is 16.0 Å². The minimum absolute atomic E-state index is 0.0841. The minimum Gasteiger partial charge on any atom is -0.481 e. The zero-order valence-corrected chi connectivity index (χ0v) is 23.8. The summed E-state index contributed by atoms with van der Waals surface area (Å²) >= 11 is 0. The van der Waals surface area contributed by atoms with Crippen molar-refractivity contribution in [1.82, 2.24) is 26.8 Å². The molecule has 0 aliphatic carbocycles. The van der Waals surface area contributed by atoms with E-state index in [1.54, 1.807) is 20.8 Å². The van der Waals surface area contributed by atoms with Gasteiger partial charge in [-0.05, 0) is 31.7 Å². The number of carboxylic acid groups (broad SMARTS) is 1. The summed E-state index contributed by atoms with van der Waals surface area (Å²) in [7, 11) is 0. The molecule has 2 unspecified atom stereocenters. The zero-order valence-electron chi connectivity index (χ0n) is 23.8. The molecule has 15 nitrogen and oxygen atoms in total. The molecule has 1 aliphatic rings. The molecular formula is C27H37N5O10. The molecule has 42 heavy (non-hydrogen) atoms. The van der Waals surface area contributed by atoms with Crippen molar-refractivity contribution in [3.05, 3.63) is 35.9 Å². The monoisotopic (exact) mass is 591 g/mol. The van der Waals surface area contributed by atoms with Crippen LogP contribution in [0.2, 0.25) is 0 Å². The quantitative estimate of drug-likeness (QED) is 0.0804. The Hall–Kier alpha value is -4.53. The molecule has 0 saturated carbocycles. The second kappa shape index (κ2) is 16.0. The normalized spacial score (nSPS) is 17.5. The van der Waals surface area contributed by atoms with E-state index in [0.717, 1.165) is 5.56 Å². The SMILES string of the molecule is CCOC(=O)C1OC1C(=O)NNC(=O)[C@H](CC(=O)O)NC(=O)[C@H](C)NC(=O)[C@@H](NC(=O)CCc1ccccc1)C(C)C. The number of benzene rings is 1. The molecule has 2 rings (SSSR count). The summed E-state index contributed by atoms with van der Waals surface area (Å²) in [6.45, 7) is 6.42. The predicted octanol–water partition coefficient (Wildman–Crippen LogP) is -1.30. The molecule has 6 N–H and O–H groups in total. The van der Waals surface area contributed by atoms with Gasteiger partial charge in [-0.15, -0.1) is 0 Å². The molecule has 1 aromatic rings. The van der Waals surface area contributed by atoms with Gasteiger partial charge in [-0.25, -0.2) is 4.79 Å². The van der Waals surface area contributed by atoms with E-state index in [1.807, 2.05) is 41.2 Å². The highest BCUT2D eigenvalue weighted by Gasteiger charge is 2.51. The van der Waals surface area contributed by atoms with Crippen LogP contribution in [0.3, 0.4) is 0 Å². The molecule has 0 aromatic heterocycles. The van der Waals surface area contributed by atoms with Gasteiger partial charge in [0, 0.05) is 6.42 Å². The molecule has 1 aliphatic heterocycles. The first-order chi connectivity index (χ1) is 19.8. The van der Waals surface area contributed by atoms with Crippen LogP contribution in [-0.2, 0) is 49.5 Å². The summed E-state index contributed by atoms with van der Waals surface area (Å²) in [4.78, 5) is 85.6. The minimum atomic E-state index is -1.63. The van der Waals surface area contributed by atoms with Crippen molar-refractivity contribution in [2.24, 2.45) is 5.92 Å². The van der Waals surface area contributed by atoms with Crippen LogP contribution in [0.4, 0.5) is 0 Å². The van der Waals surface area contributed by atoms with E-state index in [4.69, 9.17) is 9.47 Å². The van der Waals surface area contributed by atoms with E-state index in [0.29, 0.717) is 6.42 Å². The van der Waals surface area contributed by atoms with Crippen LogP contribution in [0.15, 0.2) is 30.3 Å². The molecule has 1 saturated heterocycles. The number of hydrogen-bond donors (Lipinski definition) is 6. The van der Waals surface area contributed by atoms with Crippen molar-refractivity contribution in [2.75, 3.05) is 6.61 Å². The Kier molecular flexibility index (Phi) is 12.9. The van der Waals surface area contributed by atoms with Gasteiger partial charge in [-0.3, -0.25) is 39.6 Å². The maximum absolute atomic E-state index is 12.9. The number of carboxylic acids is 1. The Morgan fingerprint density at radius 1 is 0.881 bits per heavy atom. The smallest absolute Gasteiger partial charge is 0.338 e. The number of ether oxygens (including phenoxy) is 2. The van der Waals surface area contributed by atoms with Crippen molar-refractivity contribution in [3.8, 4) is 0 Å². The molecule has 0 spiro atoms. The largest absolute Gasteiger partial charge is 0.481 e. The first-order valence-corrected chi connectivity index (χ1v) is 13.4. The second-order valence-corrected chi connectivity index (χ2v) is 9.87. The van der Waals surface area contributed by atoms with Crippen molar-refractivity contribution in [3.63, 3.8) is 0 Å². The lowest BCUT2D eigenvalue weighted by atomic mass is 10.0. The van der Waals surface area contributed by atoms with Crippen molar-refractivity contribution in [2.45, 2.75) is 77.3 Å². The van der Waals surface area contributed by atoms with Gasteiger partial charge >= 0.3 is 11.9 Å². The van der Waals surface area contributed by atoms with Gasteiger partial charge in [0.1, 0.15) is 18.1 Å². The fourth-order valence-corrected chi connectivity index (χ4v) is 3.73. The van der Waals surface area contributed by atoms with Gasteiger partial charge in [0.15, 0.2) is 12.2 Å². The van der Waals surface area contributed by atoms with Gasteiger partial charge in [-0.2, -0.15) is 0 Å². The highest BCUT2D eigenvalue weighted by Crippen LogP contribution is 2.23. The Balaban J connectivity index is 1.89. The van der Waals surface area contributed by atoms with Crippen LogP contribution < -0.4 is 26.8 Å². The second-order valence-electron chi connectivity index (χ2n) is 9.87. The number of hydrazine groups is 1. The van der Waals surface area contributed by atoms with E-state index < -0.39 is 72.3 Å². The molecule has 0 bridgehead atoms. The Labute approximate surface area is 242 Å². The molecule has 5 atom stereocenters. The molecule has 5 amide bonds. The molecule has 15 heteroatoms. The Morgan fingerprint density at radius 3 is 2.14 bits per heavy atom. The fraction of sp³-hybridized carbons (Fsp3) is 0.519. The average molecular weight is 592 g/mol. The van der Waals surface area contributed by atoms with Crippen molar-refractivity contribution in [1.29, 1.82) is 0 Å². The highest BCUT2D eigenvalue weighted by molar-refractivity contribution is 5.97. The van der Waals surface area contributed by atoms with Crippen molar-refractivity contribution >= 4 is 41.5 Å². The summed E-state index contributed by atoms with van der Waals surface area (Å²) in [6.07, 6.45) is -2.53. The summed E-state index contributed by atoms with van der Waals surface area (Å²) in [5, 5.41) is 16.5. The predicted molar refractivity (Wildman–Crippen MR) is 145 cm³/mol. The molecule has 1 fully saturated rings. The fourth-order valence-electron chi connectivity index (χ4n) is 3.73. The molecule has 230 valence electrons. The summed E-state index contributed by atoms with van der Waals surface area (Å²) in [5.74, 6) is -6.34. The molecular weight excluding hydrogens is 554 g/mol. The lowest BCUT2D eigenvalue weighted by molar-refractivity contribution is -0.145. The number of amides is 5. The average Bonchev–Trinajstić information content (AvgIpc) is 3.74. The number of epoxide rings is 1. The zero-order chi connectivity index (χ0) is 31.4. The van der Waals surface area contributed by atoms with Gasteiger partial charge in [0.2, 0.25) is 17.7 Å². The lowest BCUT2D eigenvalue weighted by Gasteiger charge is -2.25. The number of nitrogens with one attached hydrogen (secondary N) is 5. The highest BCUT2D eigenvalue weighted by atomic mass is 16.6. The third kappa shape index (κ3) is 10.8. The number of aryl methyl sites for hydroxylation is 1. The Bertz CT molecular complexity index is 1160. The number of aliphatic carboxylic acids is 1. The molecule has 0 radical (unpaired) electrons. The van der Waals surface area contributed by atoms with Crippen LogP contribution in [0, 0.1) is 5.92 Å². The van der Waals surface area contributed by atoms with Crippen LogP contribution in [-0.4, -0.2) is 83.5 Å². The van der Waals surface area contributed by atoms with Crippen molar-refractivity contribution < 1.29 is 48.1 Å². The maximum atomic E-state index is 12.9. The van der Waals surface area contributed by atoms with E-state index in [9.17, 15) is 38.7 Å². The summed E-state index contributed by atoms with van der Waals surface area (Å²) in [5.41, 5.74) is 4.94. The third-order valence-corrected chi connectivity index (χ3v) is 6.09. The molecule has 1 heterocycles. The lowest BCUT2D eigenvalue weighted by Crippen LogP contribution is -2.58. The number of carbonyl (C=O) groups is 7. The van der Waals surface area contributed by atoms with Crippen LogP contribution in [0.5, 0.6) is 0 Å². The standard InChI is InChI=1S/C27H37N5O10/c1-5-41-27(40)22-21(42-22)26(39)32-31-24(37)17(13-19(34)35)29-23(36)15(4)28-25(38)20(14(2)3)30-18(33)12-11-16-9-7-6-8-10-16/h6-10,14-15,17,20-22H,5,11-13H2,1-4H3,(H,28,38)(H,29,36)(H,30,33)(H,31,37)(H,32,39)(H,34,35)/t15-,17-,20-,21?,22?/m0/s1. The third-order valence-electron chi connectivity index (χ3n) is 6.09. The Morgan fingerprint density at radius 2 is 1.55 bits per heavy atom. The number of esters is 1. The van der Waals surface area contributed by atoms with Gasteiger partial charge in [0.25, 0.3) is 11.8 Å². The van der Waals surface area contributed by atoms with E-state index >= 15 is 0 Å². The number of carbonyl (C=O) groups excluding carboxylic acids is 6. The first-order valence-electron chi connectivity index (χ1n) is 13.4. The topological polar surface area (TPSA) is 222 Å². The molecule has 1 aromatic carbocycles.